The highest BCUT2D eigenvalue weighted by molar-refractivity contribution is 5.79. The molecule has 0 bridgehead atoms. The fraction of sp³-hybridized carbons (Fsp3) is 0.786. The highest BCUT2D eigenvalue weighted by atomic mass is 16.2. The number of carbonyl (C=O) groups is 1. The third kappa shape index (κ3) is 2.87. The average Bonchev–Trinajstić information content (AvgIpc) is 2.30. The van der Waals surface area contributed by atoms with Gasteiger partial charge in [-0.1, -0.05) is 25.0 Å². The van der Waals surface area contributed by atoms with Gasteiger partial charge in [0.1, 0.15) is 0 Å². The van der Waals surface area contributed by atoms with Gasteiger partial charge in [0.25, 0.3) is 0 Å². The van der Waals surface area contributed by atoms with Crippen molar-refractivity contribution in [3.63, 3.8) is 0 Å². The minimum atomic E-state index is 0.200. The zero-order chi connectivity index (χ0) is 12.1. The Hall–Kier alpha value is -0.790. The SMILES string of the molecule is C=C(C)[C@@H]1CCCC[C@H]1C(=O)N(CC)CC. The summed E-state index contributed by atoms with van der Waals surface area (Å²) in [7, 11) is 0. The van der Waals surface area contributed by atoms with Crippen LogP contribution in [0.5, 0.6) is 0 Å². The van der Waals surface area contributed by atoms with Crippen molar-refractivity contribution in [1.82, 2.24) is 4.90 Å². The van der Waals surface area contributed by atoms with Crippen LogP contribution in [0.1, 0.15) is 46.5 Å². The summed E-state index contributed by atoms with van der Waals surface area (Å²) < 4.78 is 0. The predicted molar refractivity (Wildman–Crippen MR) is 68.2 cm³/mol. The second-order valence-electron chi connectivity index (χ2n) is 4.85. The Balaban J connectivity index is 2.74. The van der Waals surface area contributed by atoms with Crippen molar-refractivity contribution >= 4 is 5.91 Å². The summed E-state index contributed by atoms with van der Waals surface area (Å²) in [5, 5.41) is 0. The summed E-state index contributed by atoms with van der Waals surface area (Å²) in [6, 6.07) is 0. The Morgan fingerprint density at radius 1 is 1.19 bits per heavy atom. The number of hydrogen-bond acceptors (Lipinski definition) is 1. The lowest BCUT2D eigenvalue weighted by molar-refractivity contribution is -0.137. The molecule has 1 aliphatic rings. The van der Waals surface area contributed by atoms with E-state index in [2.05, 4.69) is 27.4 Å². The van der Waals surface area contributed by atoms with E-state index in [9.17, 15) is 4.79 Å². The van der Waals surface area contributed by atoms with Gasteiger partial charge in [-0.15, -0.1) is 0 Å². The number of hydrogen-bond donors (Lipinski definition) is 0. The standard InChI is InChI=1S/C14H25NO/c1-5-15(6-2)14(16)13-10-8-7-9-12(13)11(3)4/h12-13H,3,5-10H2,1-2,4H3/t12-,13+/m0/s1. The number of carbonyl (C=O) groups excluding carboxylic acids is 1. The van der Waals surface area contributed by atoms with Gasteiger partial charge in [0.15, 0.2) is 0 Å². The van der Waals surface area contributed by atoms with Crippen LogP contribution in [0, 0.1) is 11.8 Å². The van der Waals surface area contributed by atoms with E-state index in [1.807, 2.05) is 4.90 Å². The van der Waals surface area contributed by atoms with E-state index >= 15 is 0 Å². The maximum Gasteiger partial charge on any atom is 0.226 e. The Kier molecular flexibility index (Phi) is 5.04. The van der Waals surface area contributed by atoms with Crippen LogP contribution in [0.15, 0.2) is 12.2 Å². The average molecular weight is 223 g/mol. The molecule has 1 rings (SSSR count). The van der Waals surface area contributed by atoms with E-state index < -0.39 is 0 Å². The van der Waals surface area contributed by atoms with Crippen LogP contribution in [-0.2, 0) is 4.79 Å². The predicted octanol–water partition coefficient (Wildman–Crippen LogP) is 3.24. The molecule has 1 aliphatic carbocycles. The van der Waals surface area contributed by atoms with Crippen LogP contribution in [0.25, 0.3) is 0 Å². The summed E-state index contributed by atoms with van der Waals surface area (Å²) in [6.07, 6.45) is 4.64. The van der Waals surface area contributed by atoms with Gasteiger partial charge in [-0.25, -0.2) is 0 Å². The van der Waals surface area contributed by atoms with E-state index in [0.717, 1.165) is 25.9 Å². The lowest BCUT2D eigenvalue weighted by Crippen LogP contribution is -2.40. The van der Waals surface area contributed by atoms with Gasteiger partial charge in [-0.2, -0.15) is 0 Å². The van der Waals surface area contributed by atoms with Crippen molar-refractivity contribution < 1.29 is 4.79 Å². The van der Waals surface area contributed by atoms with Crippen molar-refractivity contribution in [2.24, 2.45) is 11.8 Å². The van der Waals surface area contributed by atoms with Gasteiger partial charge < -0.3 is 4.90 Å². The third-order valence-electron chi connectivity index (χ3n) is 3.79. The lowest BCUT2D eigenvalue weighted by Gasteiger charge is -2.34. The summed E-state index contributed by atoms with van der Waals surface area (Å²) >= 11 is 0. The first-order chi connectivity index (χ1) is 7.61. The van der Waals surface area contributed by atoms with Gasteiger partial charge in [0.2, 0.25) is 5.91 Å². The molecule has 0 spiro atoms. The van der Waals surface area contributed by atoms with E-state index in [4.69, 9.17) is 0 Å². The van der Waals surface area contributed by atoms with E-state index in [-0.39, 0.29) is 5.92 Å². The molecule has 0 radical (unpaired) electrons. The van der Waals surface area contributed by atoms with Crippen molar-refractivity contribution in [2.45, 2.75) is 46.5 Å². The maximum absolute atomic E-state index is 12.4. The minimum Gasteiger partial charge on any atom is -0.343 e. The van der Waals surface area contributed by atoms with Crippen LogP contribution < -0.4 is 0 Å². The monoisotopic (exact) mass is 223 g/mol. The van der Waals surface area contributed by atoms with Crippen LogP contribution in [0.2, 0.25) is 0 Å². The number of rotatable bonds is 4. The largest absolute Gasteiger partial charge is 0.343 e. The molecule has 1 saturated carbocycles. The van der Waals surface area contributed by atoms with Crippen LogP contribution >= 0.6 is 0 Å². The van der Waals surface area contributed by atoms with Crippen molar-refractivity contribution in [3.05, 3.63) is 12.2 Å². The number of nitrogens with zero attached hydrogens (tertiary/aromatic N) is 1. The zero-order valence-corrected chi connectivity index (χ0v) is 11.0. The maximum atomic E-state index is 12.4. The van der Waals surface area contributed by atoms with Crippen LogP contribution in [0.4, 0.5) is 0 Å². The van der Waals surface area contributed by atoms with Gasteiger partial charge in [-0.05, 0) is 39.5 Å². The number of allylic oxidation sites excluding steroid dienone is 1. The first-order valence-electron chi connectivity index (χ1n) is 6.56. The second kappa shape index (κ2) is 6.07. The fourth-order valence-corrected chi connectivity index (χ4v) is 2.79. The molecule has 0 aliphatic heterocycles. The quantitative estimate of drug-likeness (QED) is 0.670. The highest BCUT2D eigenvalue weighted by Crippen LogP contribution is 2.35. The normalized spacial score (nSPS) is 25.2. The molecule has 1 fully saturated rings. The molecule has 2 atom stereocenters. The molecule has 0 aromatic carbocycles. The van der Waals surface area contributed by atoms with Gasteiger partial charge in [-0.3, -0.25) is 4.79 Å². The zero-order valence-electron chi connectivity index (χ0n) is 11.0. The molecule has 0 unspecified atom stereocenters. The molecule has 16 heavy (non-hydrogen) atoms. The Morgan fingerprint density at radius 2 is 1.69 bits per heavy atom. The molecular weight excluding hydrogens is 198 g/mol. The second-order valence-corrected chi connectivity index (χ2v) is 4.85. The lowest BCUT2D eigenvalue weighted by atomic mass is 9.75. The topological polar surface area (TPSA) is 20.3 Å². The van der Waals surface area contributed by atoms with E-state index in [1.54, 1.807) is 0 Å². The fourth-order valence-electron chi connectivity index (χ4n) is 2.79. The molecule has 1 amide bonds. The summed E-state index contributed by atoms with van der Waals surface area (Å²) in [5.74, 6) is 0.964. The van der Waals surface area contributed by atoms with Crippen LogP contribution in [-0.4, -0.2) is 23.9 Å². The Labute approximate surface area is 99.7 Å². The van der Waals surface area contributed by atoms with Crippen molar-refractivity contribution in [3.8, 4) is 0 Å². The van der Waals surface area contributed by atoms with Gasteiger partial charge in [0.05, 0.1) is 0 Å². The molecule has 2 heteroatoms. The Morgan fingerprint density at radius 3 is 2.12 bits per heavy atom. The molecule has 92 valence electrons. The smallest absolute Gasteiger partial charge is 0.226 e. The Bertz CT molecular complexity index is 255. The molecule has 0 aromatic heterocycles. The number of amides is 1. The molecule has 0 heterocycles. The summed E-state index contributed by atoms with van der Waals surface area (Å²) in [5.41, 5.74) is 1.19. The van der Waals surface area contributed by atoms with E-state index in [0.29, 0.717) is 11.8 Å². The van der Waals surface area contributed by atoms with Crippen LogP contribution in [0.3, 0.4) is 0 Å². The van der Waals surface area contributed by atoms with Crippen molar-refractivity contribution in [1.29, 1.82) is 0 Å². The van der Waals surface area contributed by atoms with E-state index in [1.165, 1.54) is 18.4 Å². The first-order valence-corrected chi connectivity index (χ1v) is 6.56. The summed E-state index contributed by atoms with van der Waals surface area (Å²) in [6.45, 7) is 11.9. The first kappa shape index (κ1) is 13.3. The van der Waals surface area contributed by atoms with Gasteiger partial charge in [0, 0.05) is 19.0 Å². The minimum absolute atomic E-state index is 0.200. The molecule has 0 saturated heterocycles. The molecule has 0 N–H and O–H groups in total. The summed E-state index contributed by atoms with van der Waals surface area (Å²) in [4.78, 5) is 14.3. The molecular formula is C14H25NO. The van der Waals surface area contributed by atoms with Gasteiger partial charge >= 0.3 is 0 Å². The molecule has 0 aromatic rings. The third-order valence-corrected chi connectivity index (χ3v) is 3.79. The molecule has 2 nitrogen and oxygen atoms in total. The van der Waals surface area contributed by atoms with Crippen molar-refractivity contribution in [2.75, 3.05) is 13.1 Å². The highest BCUT2D eigenvalue weighted by Gasteiger charge is 2.33.